The summed E-state index contributed by atoms with van der Waals surface area (Å²) in [4.78, 5) is 13.7. The lowest BCUT2D eigenvalue weighted by Crippen LogP contribution is -2.08. The Morgan fingerprint density at radius 3 is 2.82 bits per heavy atom. The molecule has 0 aromatic carbocycles. The Kier molecular flexibility index (Phi) is 3.77. The first-order valence-electron chi connectivity index (χ1n) is 4.86. The molecule has 0 N–H and O–H groups in total. The van der Waals surface area contributed by atoms with Crippen LogP contribution in [0.3, 0.4) is 0 Å². The van der Waals surface area contributed by atoms with Gasteiger partial charge in [-0.3, -0.25) is 4.79 Å². The van der Waals surface area contributed by atoms with Crippen LogP contribution in [-0.2, 0) is 0 Å². The van der Waals surface area contributed by atoms with E-state index in [1.165, 1.54) is 22.7 Å². The van der Waals surface area contributed by atoms with E-state index in [0.717, 1.165) is 14.2 Å². The first-order valence-corrected chi connectivity index (χ1v) is 7.35. The summed E-state index contributed by atoms with van der Waals surface area (Å²) in [7, 11) is 0. The monoisotopic (exact) mass is 325 g/mol. The van der Waals surface area contributed by atoms with E-state index in [0.29, 0.717) is 4.88 Å². The topological polar surface area (TPSA) is 40.9 Å². The molecule has 0 spiro atoms. The second-order valence-electron chi connectivity index (χ2n) is 3.51. The number of aryl methyl sites for hydroxylation is 1. The molecule has 2 heterocycles. The summed E-state index contributed by atoms with van der Waals surface area (Å²) in [6, 6.07) is 7.59. The van der Waals surface area contributed by atoms with Gasteiger partial charge in [-0.1, -0.05) is 6.07 Å². The molecule has 0 fully saturated rings. The van der Waals surface area contributed by atoms with Gasteiger partial charge in [0.2, 0.25) is 0 Å². The van der Waals surface area contributed by atoms with Gasteiger partial charge in [-0.15, -0.1) is 22.7 Å². The normalized spacial score (nSPS) is 12.1. The molecule has 0 bridgehead atoms. The van der Waals surface area contributed by atoms with Gasteiger partial charge in [-0.25, -0.2) is 0 Å². The van der Waals surface area contributed by atoms with Crippen LogP contribution >= 0.6 is 38.6 Å². The number of Topliss-reactive ketones (excluding diaryl/α,β-unsaturated/α-hetero) is 1. The molecule has 0 saturated carbocycles. The standard InChI is InChI=1S/C12H8BrNOS2/c1-7-5-10(17-12(7)13)11(15)8(6-14)9-3-2-4-16-9/h2-5,8H,1H3. The maximum absolute atomic E-state index is 12.2. The van der Waals surface area contributed by atoms with E-state index in [1.807, 2.05) is 30.5 Å². The zero-order chi connectivity index (χ0) is 12.4. The van der Waals surface area contributed by atoms with Gasteiger partial charge in [-0.2, -0.15) is 5.26 Å². The average Bonchev–Trinajstić information content (AvgIpc) is 2.91. The average molecular weight is 326 g/mol. The lowest BCUT2D eigenvalue weighted by atomic mass is 10.0. The Labute approximate surface area is 116 Å². The summed E-state index contributed by atoms with van der Waals surface area (Å²) in [6.07, 6.45) is 0. The minimum absolute atomic E-state index is 0.117. The van der Waals surface area contributed by atoms with E-state index in [2.05, 4.69) is 22.0 Å². The van der Waals surface area contributed by atoms with Gasteiger partial charge in [0.05, 0.1) is 14.7 Å². The lowest BCUT2D eigenvalue weighted by molar-refractivity contribution is 0.0984. The van der Waals surface area contributed by atoms with Crippen molar-refractivity contribution in [2.24, 2.45) is 0 Å². The molecule has 0 radical (unpaired) electrons. The number of thiophene rings is 2. The van der Waals surface area contributed by atoms with Crippen molar-refractivity contribution in [1.29, 1.82) is 5.26 Å². The van der Waals surface area contributed by atoms with E-state index in [9.17, 15) is 4.79 Å². The maximum Gasteiger partial charge on any atom is 0.195 e. The third-order valence-electron chi connectivity index (χ3n) is 2.32. The molecule has 0 aliphatic rings. The number of halogens is 1. The van der Waals surface area contributed by atoms with Crippen LogP contribution in [0.4, 0.5) is 0 Å². The number of nitrogens with zero attached hydrogens (tertiary/aromatic N) is 1. The molecule has 2 nitrogen and oxygen atoms in total. The van der Waals surface area contributed by atoms with Gasteiger partial charge in [0.25, 0.3) is 0 Å². The Morgan fingerprint density at radius 1 is 1.59 bits per heavy atom. The molecular weight excluding hydrogens is 318 g/mol. The van der Waals surface area contributed by atoms with E-state index in [1.54, 1.807) is 0 Å². The number of nitriles is 1. The molecule has 2 rings (SSSR count). The van der Waals surface area contributed by atoms with Crippen molar-refractivity contribution >= 4 is 44.4 Å². The first-order chi connectivity index (χ1) is 8.13. The minimum atomic E-state index is -0.681. The molecule has 0 aliphatic heterocycles. The van der Waals surface area contributed by atoms with Gasteiger partial charge in [-0.05, 0) is 45.9 Å². The van der Waals surface area contributed by atoms with Crippen LogP contribution < -0.4 is 0 Å². The zero-order valence-corrected chi connectivity index (χ0v) is 12.2. The number of carbonyl (C=O) groups is 1. The third kappa shape index (κ3) is 2.49. The SMILES string of the molecule is Cc1cc(C(=O)C(C#N)c2cccs2)sc1Br. The van der Waals surface area contributed by atoms with E-state index >= 15 is 0 Å². The van der Waals surface area contributed by atoms with E-state index < -0.39 is 5.92 Å². The van der Waals surface area contributed by atoms with Crippen LogP contribution in [0, 0.1) is 18.3 Å². The van der Waals surface area contributed by atoms with Crippen molar-refractivity contribution in [2.45, 2.75) is 12.8 Å². The van der Waals surface area contributed by atoms with Gasteiger partial charge in [0.15, 0.2) is 5.78 Å². The molecule has 1 unspecified atom stereocenters. The fraction of sp³-hybridized carbons (Fsp3) is 0.167. The third-order valence-corrected chi connectivity index (χ3v) is 5.41. The molecule has 17 heavy (non-hydrogen) atoms. The van der Waals surface area contributed by atoms with Crippen molar-refractivity contribution in [3.63, 3.8) is 0 Å². The summed E-state index contributed by atoms with van der Waals surface area (Å²) in [5.41, 5.74) is 1.03. The van der Waals surface area contributed by atoms with Crippen LogP contribution in [0.1, 0.15) is 26.0 Å². The Morgan fingerprint density at radius 2 is 2.35 bits per heavy atom. The van der Waals surface area contributed by atoms with Crippen LogP contribution in [0.25, 0.3) is 0 Å². The second-order valence-corrected chi connectivity index (χ2v) is 6.86. The summed E-state index contributed by atoms with van der Waals surface area (Å²) in [5.74, 6) is -0.798. The van der Waals surface area contributed by atoms with Crippen molar-refractivity contribution in [3.8, 4) is 6.07 Å². The Bertz CT molecular complexity index is 561. The molecule has 2 aromatic rings. The van der Waals surface area contributed by atoms with Gasteiger partial charge in [0, 0.05) is 4.88 Å². The summed E-state index contributed by atoms with van der Waals surface area (Å²) in [5, 5.41) is 11.0. The number of ketones is 1. The van der Waals surface area contributed by atoms with Crippen LogP contribution in [0.15, 0.2) is 27.4 Å². The summed E-state index contributed by atoms with van der Waals surface area (Å²) < 4.78 is 0.948. The van der Waals surface area contributed by atoms with Crippen molar-refractivity contribution in [1.82, 2.24) is 0 Å². The summed E-state index contributed by atoms with van der Waals surface area (Å²) in [6.45, 7) is 1.93. The van der Waals surface area contributed by atoms with Gasteiger partial charge < -0.3 is 0 Å². The molecule has 2 aromatic heterocycles. The highest BCUT2D eigenvalue weighted by Gasteiger charge is 2.24. The molecule has 86 valence electrons. The molecule has 0 amide bonds. The Hall–Kier alpha value is -0.960. The number of rotatable bonds is 3. The van der Waals surface area contributed by atoms with E-state index in [4.69, 9.17) is 5.26 Å². The largest absolute Gasteiger partial charge is 0.291 e. The predicted molar refractivity (Wildman–Crippen MR) is 73.8 cm³/mol. The smallest absolute Gasteiger partial charge is 0.195 e. The highest BCUT2D eigenvalue weighted by atomic mass is 79.9. The molecular formula is C12H8BrNOS2. The first kappa shape index (κ1) is 12.5. The zero-order valence-electron chi connectivity index (χ0n) is 8.94. The number of carbonyl (C=O) groups excluding carboxylic acids is 1. The molecule has 0 saturated heterocycles. The van der Waals surface area contributed by atoms with Gasteiger partial charge in [0.1, 0.15) is 5.92 Å². The fourth-order valence-electron chi connectivity index (χ4n) is 1.43. The van der Waals surface area contributed by atoms with Crippen molar-refractivity contribution < 1.29 is 4.79 Å². The fourth-order valence-corrected chi connectivity index (χ4v) is 3.70. The molecule has 5 heteroatoms. The van der Waals surface area contributed by atoms with Gasteiger partial charge >= 0.3 is 0 Å². The van der Waals surface area contributed by atoms with Crippen LogP contribution in [0.5, 0.6) is 0 Å². The van der Waals surface area contributed by atoms with Crippen LogP contribution in [0.2, 0.25) is 0 Å². The number of hydrogen-bond acceptors (Lipinski definition) is 4. The second kappa shape index (κ2) is 5.13. The van der Waals surface area contributed by atoms with E-state index in [-0.39, 0.29) is 5.78 Å². The number of hydrogen-bond donors (Lipinski definition) is 0. The predicted octanol–water partition coefficient (Wildman–Crippen LogP) is 4.37. The molecule has 1 atom stereocenters. The highest BCUT2D eigenvalue weighted by Crippen LogP contribution is 2.32. The quantitative estimate of drug-likeness (QED) is 0.786. The highest BCUT2D eigenvalue weighted by molar-refractivity contribution is 9.11. The van der Waals surface area contributed by atoms with Crippen LogP contribution in [-0.4, -0.2) is 5.78 Å². The van der Waals surface area contributed by atoms with Crippen molar-refractivity contribution in [3.05, 3.63) is 42.7 Å². The summed E-state index contributed by atoms with van der Waals surface area (Å²) >= 11 is 6.21. The molecule has 0 aliphatic carbocycles. The lowest BCUT2D eigenvalue weighted by Gasteiger charge is -2.02. The minimum Gasteiger partial charge on any atom is -0.291 e. The maximum atomic E-state index is 12.2. The Balaban J connectivity index is 2.34. The van der Waals surface area contributed by atoms with Crippen molar-refractivity contribution in [2.75, 3.05) is 0 Å².